The monoisotopic (exact) mass is 497 g/mol. The zero-order chi connectivity index (χ0) is 19.1. The molecule has 0 bridgehead atoms. The van der Waals surface area contributed by atoms with Crippen LogP contribution in [0.1, 0.15) is 30.9 Å². The molecule has 1 fully saturated rings. The predicted octanol–water partition coefficient (Wildman–Crippen LogP) is 4.04. The molecule has 0 spiro atoms. The summed E-state index contributed by atoms with van der Waals surface area (Å²) in [6.45, 7) is 6.17. The van der Waals surface area contributed by atoms with Gasteiger partial charge in [0.05, 0.1) is 6.54 Å². The minimum atomic E-state index is -0.214. The lowest BCUT2D eigenvalue weighted by atomic mass is 10.2. The van der Waals surface area contributed by atoms with Gasteiger partial charge in [-0.3, -0.25) is 0 Å². The van der Waals surface area contributed by atoms with Crippen LogP contribution in [-0.4, -0.2) is 42.5 Å². The Labute approximate surface area is 184 Å². The first-order valence-electron chi connectivity index (χ1n) is 9.59. The van der Waals surface area contributed by atoms with Crippen LogP contribution < -0.4 is 10.2 Å². The van der Waals surface area contributed by atoms with Crippen LogP contribution in [0.3, 0.4) is 0 Å². The zero-order valence-electron chi connectivity index (χ0n) is 16.6. The van der Waals surface area contributed by atoms with Gasteiger partial charge < -0.3 is 15.1 Å². The number of hydrogen-bond acceptors (Lipinski definition) is 3. The van der Waals surface area contributed by atoms with Gasteiger partial charge in [0.15, 0.2) is 5.96 Å². The summed E-state index contributed by atoms with van der Waals surface area (Å²) in [6.07, 6.45) is 4.33. The van der Waals surface area contributed by atoms with Crippen molar-refractivity contribution in [1.29, 1.82) is 0 Å². The summed E-state index contributed by atoms with van der Waals surface area (Å²) < 4.78 is 13.4. The van der Waals surface area contributed by atoms with Crippen molar-refractivity contribution in [2.45, 2.75) is 32.9 Å². The molecular weight excluding hydrogens is 468 g/mol. The fraction of sp³-hybridized carbons (Fsp3) is 0.429. The van der Waals surface area contributed by atoms with Gasteiger partial charge in [0.25, 0.3) is 0 Å². The predicted molar refractivity (Wildman–Crippen MR) is 124 cm³/mol. The standard InChI is InChI=1S/C21H28FN5.HI/c1-3-23-21(26(2)16-18-7-6-8-19(22)13-18)25-15-17-9-10-24-20(14-17)27-11-4-5-12-27;/h6-10,13-14H,3-5,11-12,15-16H2,1-2H3,(H,23,25);1H. The summed E-state index contributed by atoms with van der Waals surface area (Å²) in [5.41, 5.74) is 2.06. The lowest BCUT2D eigenvalue weighted by Crippen LogP contribution is -2.38. The fourth-order valence-electron chi connectivity index (χ4n) is 3.30. The summed E-state index contributed by atoms with van der Waals surface area (Å²) in [5.74, 6) is 1.63. The molecule has 1 N–H and O–H groups in total. The van der Waals surface area contributed by atoms with E-state index < -0.39 is 0 Å². The van der Waals surface area contributed by atoms with Gasteiger partial charge in [-0.05, 0) is 55.2 Å². The maximum atomic E-state index is 13.4. The number of pyridine rings is 1. The largest absolute Gasteiger partial charge is 0.357 e. The molecule has 0 amide bonds. The second-order valence-electron chi connectivity index (χ2n) is 6.87. The molecule has 2 aromatic rings. The van der Waals surface area contributed by atoms with Gasteiger partial charge >= 0.3 is 0 Å². The first-order valence-corrected chi connectivity index (χ1v) is 9.59. The lowest BCUT2D eigenvalue weighted by molar-refractivity contribution is 0.474. The molecule has 0 aliphatic carbocycles. The van der Waals surface area contributed by atoms with Gasteiger partial charge in [-0.15, -0.1) is 24.0 Å². The van der Waals surface area contributed by atoms with E-state index in [1.54, 1.807) is 12.1 Å². The molecule has 7 heteroatoms. The molecule has 0 atom stereocenters. The summed E-state index contributed by atoms with van der Waals surface area (Å²) in [4.78, 5) is 13.6. The van der Waals surface area contributed by atoms with Crippen molar-refractivity contribution < 1.29 is 4.39 Å². The third-order valence-corrected chi connectivity index (χ3v) is 4.66. The van der Waals surface area contributed by atoms with Crippen molar-refractivity contribution >= 4 is 35.8 Å². The number of guanidine groups is 1. The average molecular weight is 497 g/mol. The third-order valence-electron chi connectivity index (χ3n) is 4.66. The van der Waals surface area contributed by atoms with Gasteiger partial charge in [0.1, 0.15) is 11.6 Å². The van der Waals surface area contributed by atoms with Gasteiger partial charge in [-0.25, -0.2) is 14.4 Å². The summed E-state index contributed by atoms with van der Waals surface area (Å²) in [7, 11) is 1.97. The van der Waals surface area contributed by atoms with Gasteiger partial charge in [-0.1, -0.05) is 12.1 Å². The topological polar surface area (TPSA) is 43.8 Å². The van der Waals surface area contributed by atoms with Crippen LogP contribution in [0.2, 0.25) is 0 Å². The highest BCUT2D eigenvalue weighted by Gasteiger charge is 2.13. The van der Waals surface area contributed by atoms with Gasteiger partial charge in [-0.2, -0.15) is 0 Å². The molecule has 2 heterocycles. The smallest absolute Gasteiger partial charge is 0.194 e. The van der Waals surface area contributed by atoms with Crippen LogP contribution in [0.5, 0.6) is 0 Å². The Bertz CT molecular complexity index is 777. The van der Waals surface area contributed by atoms with Crippen molar-refractivity contribution in [3.8, 4) is 0 Å². The SMILES string of the molecule is CCNC(=NCc1ccnc(N2CCCC2)c1)N(C)Cc1cccc(F)c1.I. The minimum absolute atomic E-state index is 0. The molecule has 0 radical (unpaired) electrons. The molecule has 5 nitrogen and oxygen atoms in total. The molecule has 0 saturated carbocycles. The van der Waals surface area contributed by atoms with Crippen molar-refractivity contribution in [1.82, 2.24) is 15.2 Å². The van der Waals surface area contributed by atoms with Crippen molar-refractivity contribution in [2.75, 3.05) is 31.6 Å². The number of nitrogens with one attached hydrogen (secondary N) is 1. The minimum Gasteiger partial charge on any atom is -0.357 e. The molecule has 1 saturated heterocycles. The lowest BCUT2D eigenvalue weighted by Gasteiger charge is -2.22. The van der Waals surface area contributed by atoms with Crippen molar-refractivity contribution in [3.63, 3.8) is 0 Å². The van der Waals surface area contributed by atoms with Crippen LogP contribution in [0.25, 0.3) is 0 Å². The quantitative estimate of drug-likeness (QED) is 0.372. The van der Waals surface area contributed by atoms with Crippen LogP contribution in [0.4, 0.5) is 10.2 Å². The molecule has 3 rings (SSSR count). The summed E-state index contributed by atoms with van der Waals surface area (Å²) in [5, 5.41) is 3.31. The number of nitrogens with zero attached hydrogens (tertiary/aromatic N) is 4. The molecule has 28 heavy (non-hydrogen) atoms. The molecule has 152 valence electrons. The molecule has 1 aliphatic heterocycles. The number of rotatable bonds is 6. The Morgan fingerprint density at radius 1 is 1.21 bits per heavy atom. The van der Waals surface area contributed by atoms with E-state index in [1.807, 2.05) is 37.2 Å². The average Bonchev–Trinajstić information content (AvgIpc) is 3.20. The second-order valence-corrected chi connectivity index (χ2v) is 6.87. The highest BCUT2D eigenvalue weighted by atomic mass is 127. The number of anilines is 1. The first-order chi connectivity index (χ1) is 13.2. The summed E-state index contributed by atoms with van der Waals surface area (Å²) >= 11 is 0. The molecule has 1 aromatic heterocycles. The second kappa shape index (κ2) is 11.2. The zero-order valence-corrected chi connectivity index (χ0v) is 18.9. The van der Waals surface area contributed by atoms with E-state index in [9.17, 15) is 4.39 Å². The van der Waals surface area contributed by atoms with E-state index in [-0.39, 0.29) is 29.8 Å². The number of aromatic nitrogens is 1. The van der Waals surface area contributed by atoms with Crippen LogP contribution in [-0.2, 0) is 13.1 Å². The van der Waals surface area contributed by atoms with Gasteiger partial charge in [0.2, 0.25) is 0 Å². The Morgan fingerprint density at radius 3 is 2.71 bits per heavy atom. The maximum Gasteiger partial charge on any atom is 0.194 e. The maximum absolute atomic E-state index is 13.4. The van der Waals surface area contributed by atoms with Gasteiger partial charge in [0, 0.05) is 39.4 Å². The third kappa shape index (κ3) is 6.32. The van der Waals surface area contributed by atoms with Crippen LogP contribution in [0.15, 0.2) is 47.6 Å². The number of halogens is 2. The van der Waals surface area contributed by atoms with E-state index in [1.165, 1.54) is 18.9 Å². The van der Waals surface area contributed by atoms with Crippen molar-refractivity contribution in [2.24, 2.45) is 4.99 Å². The Balaban J connectivity index is 0.00000280. The van der Waals surface area contributed by atoms with Crippen LogP contribution >= 0.6 is 24.0 Å². The Hall–Kier alpha value is -1.90. The van der Waals surface area contributed by atoms with Crippen molar-refractivity contribution in [3.05, 3.63) is 59.5 Å². The molecule has 1 aliphatic rings. The highest BCUT2D eigenvalue weighted by Crippen LogP contribution is 2.19. The number of aliphatic imine (C=N–C) groups is 1. The molecule has 0 unspecified atom stereocenters. The van der Waals surface area contributed by atoms with E-state index >= 15 is 0 Å². The molecular formula is C21H29FIN5. The fourth-order valence-corrected chi connectivity index (χ4v) is 3.30. The number of hydrogen-bond donors (Lipinski definition) is 1. The normalized spacial score (nSPS) is 14.0. The Morgan fingerprint density at radius 2 is 2.00 bits per heavy atom. The molecule has 1 aromatic carbocycles. The van der Waals surface area contributed by atoms with E-state index in [4.69, 9.17) is 4.99 Å². The van der Waals surface area contributed by atoms with E-state index in [2.05, 4.69) is 21.3 Å². The van der Waals surface area contributed by atoms with Crippen LogP contribution in [0, 0.1) is 5.82 Å². The van der Waals surface area contributed by atoms with E-state index in [0.29, 0.717) is 13.1 Å². The Kier molecular flexibility index (Phi) is 8.95. The first kappa shape index (κ1) is 22.4. The highest BCUT2D eigenvalue weighted by molar-refractivity contribution is 14.0. The van der Waals surface area contributed by atoms with E-state index in [0.717, 1.165) is 42.5 Å². The summed E-state index contributed by atoms with van der Waals surface area (Å²) in [6, 6.07) is 10.8. The number of benzene rings is 1.